The van der Waals surface area contributed by atoms with Gasteiger partial charge in [-0.3, -0.25) is 4.79 Å². The fourth-order valence-corrected chi connectivity index (χ4v) is 3.74. The van der Waals surface area contributed by atoms with Gasteiger partial charge in [0, 0.05) is 25.6 Å². The number of aryl methyl sites for hydroxylation is 1. The third-order valence-electron chi connectivity index (χ3n) is 4.98. The van der Waals surface area contributed by atoms with Crippen LogP contribution in [0.1, 0.15) is 37.7 Å². The van der Waals surface area contributed by atoms with Gasteiger partial charge in [-0.1, -0.05) is 0 Å². The molecule has 0 N–H and O–H groups in total. The van der Waals surface area contributed by atoms with E-state index in [0.717, 1.165) is 51.2 Å². The Hall–Kier alpha value is -1.49. The molecule has 2 aliphatic rings. The zero-order chi connectivity index (χ0) is 16.2. The van der Waals surface area contributed by atoms with Gasteiger partial charge in [-0.25, -0.2) is 8.78 Å². The van der Waals surface area contributed by atoms with Crippen molar-refractivity contribution in [3.05, 3.63) is 35.4 Å². The highest BCUT2D eigenvalue weighted by Crippen LogP contribution is 2.22. The van der Waals surface area contributed by atoms with Gasteiger partial charge in [0.1, 0.15) is 11.6 Å². The van der Waals surface area contributed by atoms with Crippen LogP contribution >= 0.6 is 0 Å². The summed E-state index contributed by atoms with van der Waals surface area (Å²) < 4.78 is 26.8. The summed E-state index contributed by atoms with van der Waals surface area (Å²) in [6.45, 7) is 4.02. The van der Waals surface area contributed by atoms with E-state index in [1.807, 2.05) is 4.90 Å². The molecule has 5 heteroatoms. The van der Waals surface area contributed by atoms with Gasteiger partial charge in [-0.05, 0) is 69.0 Å². The van der Waals surface area contributed by atoms with E-state index in [4.69, 9.17) is 0 Å². The molecule has 0 saturated carbocycles. The van der Waals surface area contributed by atoms with Crippen LogP contribution in [0.3, 0.4) is 0 Å². The van der Waals surface area contributed by atoms with Crippen LogP contribution in [0.15, 0.2) is 18.2 Å². The molecule has 1 aromatic carbocycles. The lowest BCUT2D eigenvalue weighted by atomic mass is 10.1. The molecule has 1 atom stereocenters. The van der Waals surface area contributed by atoms with Gasteiger partial charge in [0.2, 0.25) is 5.91 Å². The second-order valence-electron chi connectivity index (χ2n) is 6.63. The number of nitrogens with zero attached hydrogens (tertiary/aromatic N) is 2. The van der Waals surface area contributed by atoms with Crippen molar-refractivity contribution in [2.45, 2.75) is 44.6 Å². The largest absolute Gasteiger partial charge is 0.338 e. The maximum Gasteiger partial charge on any atom is 0.223 e. The minimum Gasteiger partial charge on any atom is -0.338 e. The third-order valence-corrected chi connectivity index (χ3v) is 4.98. The molecule has 1 amide bonds. The summed E-state index contributed by atoms with van der Waals surface area (Å²) in [6.07, 6.45) is 5.10. The van der Waals surface area contributed by atoms with Crippen LogP contribution in [0.25, 0.3) is 0 Å². The molecule has 1 aromatic rings. The molecular formula is C18H24F2N2O. The van der Waals surface area contributed by atoms with Gasteiger partial charge < -0.3 is 9.80 Å². The lowest BCUT2D eigenvalue weighted by Gasteiger charge is -2.28. The average molecular weight is 322 g/mol. The van der Waals surface area contributed by atoms with E-state index in [1.54, 1.807) is 0 Å². The molecule has 126 valence electrons. The summed E-state index contributed by atoms with van der Waals surface area (Å²) in [5.74, 6) is -0.827. The summed E-state index contributed by atoms with van der Waals surface area (Å²) in [5.41, 5.74) is 0.286. The van der Waals surface area contributed by atoms with Crippen molar-refractivity contribution in [2.75, 3.05) is 26.2 Å². The van der Waals surface area contributed by atoms with Crippen LogP contribution in [0.2, 0.25) is 0 Å². The quantitative estimate of drug-likeness (QED) is 0.832. The fourth-order valence-electron chi connectivity index (χ4n) is 3.74. The number of hydrogen-bond donors (Lipinski definition) is 0. The van der Waals surface area contributed by atoms with E-state index in [2.05, 4.69) is 4.90 Å². The first kappa shape index (κ1) is 16.4. The first-order valence-corrected chi connectivity index (χ1v) is 8.59. The maximum absolute atomic E-state index is 13.6. The molecule has 0 aliphatic carbocycles. The number of carbonyl (C=O) groups is 1. The number of amides is 1. The van der Waals surface area contributed by atoms with Crippen LogP contribution in [-0.2, 0) is 11.2 Å². The Labute approximate surface area is 136 Å². The summed E-state index contributed by atoms with van der Waals surface area (Å²) >= 11 is 0. The Bertz CT molecular complexity index is 558. The Kier molecular flexibility index (Phi) is 5.26. The summed E-state index contributed by atoms with van der Waals surface area (Å²) in [5, 5.41) is 0. The Morgan fingerprint density at radius 3 is 2.70 bits per heavy atom. The Morgan fingerprint density at radius 2 is 1.91 bits per heavy atom. The standard InChI is InChI=1S/C18H24F2N2O/c19-15-6-7-17(20)14(12-15)5-8-18(23)22-11-3-4-16(22)13-21-9-1-2-10-21/h6-7,12,16H,1-5,8-11,13H2/t16-/m0/s1. The normalized spacial score (nSPS) is 22.0. The summed E-state index contributed by atoms with van der Waals surface area (Å²) in [4.78, 5) is 16.9. The lowest BCUT2D eigenvalue weighted by molar-refractivity contribution is -0.132. The van der Waals surface area contributed by atoms with E-state index in [1.165, 1.54) is 18.9 Å². The van der Waals surface area contributed by atoms with Gasteiger partial charge in [0.15, 0.2) is 0 Å². The molecule has 0 unspecified atom stereocenters. The first-order valence-electron chi connectivity index (χ1n) is 8.59. The number of hydrogen-bond acceptors (Lipinski definition) is 2. The molecule has 3 nitrogen and oxygen atoms in total. The highest BCUT2D eigenvalue weighted by atomic mass is 19.1. The zero-order valence-electron chi connectivity index (χ0n) is 13.4. The predicted octanol–water partition coefficient (Wildman–Crippen LogP) is 2.98. The molecule has 2 heterocycles. The number of halogens is 2. The summed E-state index contributed by atoms with van der Waals surface area (Å²) in [6, 6.07) is 3.71. The van der Waals surface area contributed by atoms with Gasteiger partial charge in [-0.2, -0.15) is 0 Å². The van der Waals surface area contributed by atoms with Crippen molar-refractivity contribution in [3.8, 4) is 0 Å². The van der Waals surface area contributed by atoms with Gasteiger partial charge >= 0.3 is 0 Å². The summed E-state index contributed by atoms with van der Waals surface area (Å²) in [7, 11) is 0. The molecule has 0 bridgehead atoms. The highest BCUT2D eigenvalue weighted by molar-refractivity contribution is 5.77. The fraction of sp³-hybridized carbons (Fsp3) is 0.611. The Morgan fingerprint density at radius 1 is 1.13 bits per heavy atom. The first-order chi connectivity index (χ1) is 11.1. The number of likely N-dealkylation sites (tertiary alicyclic amines) is 2. The second kappa shape index (κ2) is 7.39. The van der Waals surface area contributed by atoms with Crippen LogP contribution in [0, 0.1) is 11.6 Å². The van der Waals surface area contributed by atoms with E-state index >= 15 is 0 Å². The minimum absolute atomic E-state index is 0.0651. The average Bonchev–Trinajstić information content (AvgIpc) is 3.20. The molecule has 2 saturated heterocycles. The molecule has 3 rings (SSSR count). The van der Waals surface area contributed by atoms with Crippen LogP contribution in [-0.4, -0.2) is 47.9 Å². The zero-order valence-corrected chi connectivity index (χ0v) is 13.4. The molecular weight excluding hydrogens is 298 g/mol. The van der Waals surface area contributed by atoms with E-state index in [0.29, 0.717) is 0 Å². The molecule has 23 heavy (non-hydrogen) atoms. The molecule has 0 aromatic heterocycles. The maximum atomic E-state index is 13.6. The Balaban J connectivity index is 1.55. The van der Waals surface area contributed by atoms with Crippen molar-refractivity contribution in [1.82, 2.24) is 9.80 Å². The predicted molar refractivity (Wildman–Crippen MR) is 85.1 cm³/mol. The SMILES string of the molecule is O=C(CCc1cc(F)ccc1F)N1CCC[C@H]1CN1CCCC1. The number of rotatable bonds is 5. The molecule has 0 radical (unpaired) electrons. The number of benzene rings is 1. The molecule has 0 spiro atoms. The number of carbonyl (C=O) groups excluding carboxylic acids is 1. The third kappa shape index (κ3) is 4.08. The van der Waals surface area contributed by atoms with Gasteiger partial charge in [0.25, 0.3) is 0 Å². The van der Waals surface area contributed by atoms with Crippen molar-refractivity contribution in [3.63, 3.8) is 0 Å². The minimum atomic E-state index is -0.457. The lowest BCUT2D eigenvalue weighted by Crippen LogP contribution is -2.42. The van der Waals surface area contributed by atoms with E-state index in [-0.39, 0.29) is 30.4 Å². The van der Waals surface area contributed by atoms with Crippen molar-refractivity contribution in [1.29, 1.82) is 0 Å². The topological polar surface area (TPSA) is 23.6 Å². The van der Waals surface area contributed by atoms with Crippen LogP contribution in [0.5, 0.6) is 0 Å². The molecule has 2 aliphatic heterocycles. The monoisotopic (exact) mass is 322 g/mol. The smallest absolute Gasteiger partial charge is 0.223 e. The van der Waals surface area contributed by atoms with Gasteiger partial charge in [-0.15, -0.1) is 0 Å². The van der Waals surface area contributed by atoms with Crippen LogP contribution in [0.4, 0.5) is 8.78 Å². The van der Waals surface area contributed by atoms with Crippen molar-refractivity contribution < 1.29 is 13.6 Å². The van der Waals surface area contributed by atoms with E-state index in [9.17, 15) is 13.6 Å². The highest BCUT2D eigenvalue weighted by Gasteiger charge is 2.30. The second-order valence-corrected chi connectivity index (χ2v) is 6.63. The van der Waals surface area contributed by atoms with Gasteiger partial charge in [0.05, 0.1) is 0 Å². The van der Waals surface area contributed by atoms with E-state index < -0.39 is 11.6 Å². The van der Waals surface area contributed by atoms with Crippen LogP contribution < -0.4 is 0 Å². The molecule has 2 fully saturated rings. The van der Waals surface area contributed by atoms with Crippen molar-refractivity contribution in [2.24, 2.45) is 0 Å². The van der Waals surface area contributed by atoms with Crippen molar-refractivity contribution >= 4 is 5.91 Å².